The van der Waals surface area contributed by atoms with E-state index in [9.17, 15) is 20.0 Å². The third kappa shape index (κ3) is 2.48. The second kappa shape index (κ2) is 5.38. The molecule has 1 fully saturated rings. The molecule has 1 aliphatic heterocycles. The summed E-state index contributed by atoms with van der Waals surface area (Å²) < 4.78 is 5.35. The molecule has 1 aromatic rings. The van der Waals surface area contributed by atoms with E-state index in [-0.39, 0.29) is 12.1 Å². The Kier molecular flexibility index (Phi) is 3.96. The lowest BCUT2D eigenvalue weighted by Crippen LogP contribution is -2.39. The van der Waals surface area contributed by atoms with Crippen LogP contribution in [0.25, 0.3) is 0 Å². The first-order valence-corrected chi connectivity index (χ1v) is 6.52. The summed E-state index contributed by atoms with van der Waals surface area (Å²) in [6.07, 6.45) is -0.147. The van der Waals surface area contributed by atoms with E-state index >= 15 is 0 Å². The normalized spacial score (nSPS) is 25.6. The van der Waals surface area contributed by atoms with Crippen LogP contribution in [0.3, 0.4) is 0 Å². The molecular weight excluding hydrogens is 286 g/mol. The van der Waals surface area contributed by atoms with Gasteiger partial charge < -0.3 is 9.84 Å². The van der Waals surface area contributed by atoms with Gasteiger partial charge in [-0.2, -0.15) is 0 Å². The van der Waals surface area contributed by atoms with Gasteiger partial charge in [-0.25, -0.2) is 0 Å². The number of aliphatic carboxylic acids is 1. The first-order chi connectivity index (χ1) is 9.36. The van der Waals surface area contributed by atoms with E-state index in [2.05, 4.69) is 0 Å². The molecule has 2 unspecified atom stereocenters. The topological polar surface area (TPSA) is 89.7 Å². The van der Waals surface area contributed by atoms with Gasteiger partial charge in [-0.05, 0) is 31.9 Å². The number of benzene rings is 1. The van der Waals surface area contributed by atoms with Gasteiger partial charge in [-0.1, -0.05) is 11.6 Å². The van der Waals surface area contributed by atoms with Crippen molar-refractivity contribution in [1.29, 1.82) is 0 Å². The standard InChI is InChI=1S/C13H14ClNO5/c1-8-13(12(16)17,4-5-20-8)7-9-6-10(14)2-3-11(9)15(18)19/h2-3,6,8H,4-5,7H2,1H3,(H,16,17). The first-order valence-electron chi connectivity index (χ1n) is 6.14. The second-order valence-electron chi connectivity index (χ2n) is 4.93. The van der Waals surface area contributed by atoms with Crippen LogP contribution >= 0.6 is 11.6 Å². The molecule has 0 aromatic heterocycles. The van der Waals surface area contributed by atoms with Gasteiger partial charge in [-0.3, -0.25) is 14.9 Å². The first kappa shape index (κ1) is 14.7. The van der Waals surface area contributed by atoms with Gasteiger partial charge in [0.15, 0.2) is 0 Å². The zero-order valence-corrected chi connectivity index (χ0v) is 11.6. The Labute approximate surface area is 120 Å². The van der Waals surface area contributed by atoms with Gasteiger partial charge in [0, 0.05) is 23.3 Å². The largest absolute Gasteiger partial charge is 0.481 e. The average Bonchev–Trinajstić information content (AvgIpc) is 2.71. The molecule has 2 atom stereocenters. The Hall–Kier alpha value is -1.66. The summed E-state index contributed by atoms with van der Waals surface area (Å²) in [4.78, 5) is 22.1. The number of carboxylic acids is 1. The van der Waals surface area contributed by atoms with Crippen LogP contribution in [-0.2, 0) is 16.0 Å². The summed E-state index contributed by atoms with van der Waals surface area (Å²) in [7, 11) is 0. The van der Waals surface area contributed by atoms with Crippen LogP contribution in [0.2, 0.25) is 5.02 Å². The number of carboxylic acid groups (broad SMARTS) is 1. The summed E-state index contributed by atoms with van der Waals surface area (Å²) in [5.41, 5.74) is -0.938. The fraction of sp³-hybridized carbons (Fsp3) is 0.462. The molecule has 108 valence electrons. The molecule has 6 nitrogen and oxygen atoms in total. The van der Waals surface area contributed by atoms with Crippen LogP contribution in [0, 0.1) is 15.5 Å². The second-order valence-corrected chi connectivity index (χ2v) is 5.37. The molecule has 1 heterocycles. The van der Waals surface area contributed by atoms with Crippen LogP contribution in [0.15, 0.2) is 18.2 Å². The SMILES string of the molecule is CC1OCCC1(Cc1cc(Cl)ccc1[N+](=O)[O-])C(=O)O. The molecule has 7 heteroatoms. The molecule has 0 spiro atoms. The Morgan fingerprint density at radius 3 is 2.85 bits per heavy atom. The number of ether oxygens (including phenoxy) is 1. The Bertz CT molecular complexity index is 562. The van der Waals surface area contributed by atoms with Crippen LogP contribution in [-0.4, -0.2) is 28.7 Å². The zero-order valence-electron chi connectivity index (χ0n) is 10.8. The fourth-order valence-electron chi connectivity index (χ4n) is 2.58. The van der Waals surface area contributed by atoms with Crippen LogP contribution in [0.1, 0.15) is 18.9 Å². The van der Waals surface area contributed by atoms with Crippen molar-refractivity contribution in [3.8, 4) is 0 Å². The van der Waals surface area contributed by atoms with Gasteiger partial charge >= 0.3 is 5.97 Å². The van der Waals surface area contributed by atoms with Crippen molar-refractivity contribution in [2.45, 2.75) is 25.9 Å². The summed E-state index contributed by atoms with van der Waals surface area (Å²) in [5, 5.41) is 20.9. The molecule has 0 amide bonds. The van der Waals surface area contributed by atoms with Gasteiger partial charge in [0.05, 0.1) is 11.0 Å². The number of rotatable bonds is 4. The highest BCUT2D eigenvalue weighted by Gasteiger charge is 2.49. The molecule has 0 radical (unpaired) electrons. The number of carbonyl (C=O) groups is 1. The lowest BCUT2D eigenvalue weighted by atomic mass is 9.76. The smallest absolute Gasteiger partial charge is 0.312 e. The molecule has 20 heavy (non-hydrogen) atoms. The number of nitrogens with zero attached hydrogens (tertiary/aromatic N) is 1. The van der Waals surface area contributed by atoms with Crippen molar-refractivity contribution in [2.75, 3.05) is 6.61 Å². The summed E-state index contributed by atoms with van der Waals surface area (Å²) >= 11 is 5.87. The maximum atomic E-state index is 11.6. The summed E-state index contributed by atoms with van der Waals surface area (Å²) in [5.74, 6) is -1.00. The third-order valence-corrected chi connectivity index (χ3v) is 4.10. The van der Waals surface area contributed by atoms with E-state index in [1.54, 1.807) is 6.92 Å². The van der Waals surface area contributed by atoms with E-state index in [0.29, 0.717) is 23.6 Å². The van der Waals surface area contributed by atoms with Crippen molar-refractivity contribution < 1.29 is 19.6 Å². The fourth-order valence-corrected chi connectivity index (χ4v) is 2.78. The van der Waals surface area contributed by atoms with E-state index in [1.165, 1.54) is 18.2 Å². The predicted molar refractivity (Wildman–Crippen MR) is 71.9 cm³/mol. The molecule has 1 saturated heterocycles. The van der Waals surface area contributed by atoms with Crippen molar-refractivity contribution in [3.63, 3.8) is 0 Å². The quantitative estimate of drug-likeness (QED) is 0.682. The number of nitro benzene ring substituents is 1. The Balaban J connectivity index is 2.44. The monoisotopic (exact) mass is 299 g/mol. The van der Waals surface area contributed by atoms with Crippen LogP contribution < -0.4 is 0 Å². The van der Waals surface area contributed by atoms with Gasteiger partial charge in [0.25, 0.3) is 5.69 Å². The van der Waals surface area contributed by atoms with E-state index < -0.39 is 22.4 Å². The lowest BCUT2D eigenvalue weighted by molar-refractivity contribution is -0.385. The number of halogens is 1. The minimum atomic E-state index is -1.14. The number of hydrogen-bond acceptors (Lipinski definition) is 4. The third-order valence-electron chi connectivity index (χ3n) is 3.86. The number of nitro groups is 1. The maximum absolute atomic E-state index is 11.6. The summed E-state index contributed by atoms with van der Waals surface area (Å²) in [6, 6.07) is 4.17. The van der Waals surface area contributed by atoms with Crippen molar-refractivity contribution in [3.05, 3.63) is 38.9 Å². The Morgan fingerprint density at radius 2 is 2.35 bits per heavy atom. The molecule has 0 saturated carbocycles. The highest BCUT2D eigenvalue weighted by molar-refractivity contribution is 6.30. The predicted octanol–water partition coefficient (Wildman–Crippen LogP) is 2.67. The van der Waals surface area contributed by atoms with Crippen LogP contribution in [0.4, 0.5) is 5.69 Å². The van der Waals surface area contributed by atoms with Crippen molar-refractivity contribution in [1.82, 2.24) is 0 Å². The molecule has 2 rings (SSSR count). The van der Waals surface area contributed by atoms with Gasteiger partial charge in [0.1, 0.15) is 5.41 Å². The zero-order chi connectivity index (χ0) is 14.9. The van der Waals surface area contributed by atoms with E-state index in [4.69, 9.17) is 16.3 Å². The average molecular weight is 300 g/mol. The Morgan fingerprint density at radius 1 is 1.65 bits per heavy atom. The van der Waals surface area contributed by atoms with E-state index in [1.807, 2.05) is 0 Å². The molecule has 1 N–H and O–H groups in total. The molecular formula is C13H14ClNO5. The van der Waals surface area contributed by atoms with Crippen LogP contribution in [0.5, 0.6) is 0 Å². The van der Waals surface area contributed by atoms with Gasteiger partial charge in [0.2, 0.25) is 0 Å². The van der Waals surface area contributed by atoms with E-state index in [0.717, 1.165) is 0 Å². The number of hydrogen-bond donors (Lipinski definition) is 1. The van der Waals surface area contributed by atoms with Crippen molar-refractivity contribution in [2.24, 2.45) is 5.41 Å². The summed E-state index contributed by atoms with van der Waals surface area (Å²) in [6.45, 7) is 2.01. The highest BCUT2D eigenvalue weighted by Crippen LogP contribution is 2.40. The lowest BCUT2D eigenvalue weighted by Gasteiger charge is -2.27. The van der Waals surface area contributed by atoms with Gasteiger partial charge in [-0.15, -0.1) is 0 Å². The van der Waals surface area contributed by atoms with Crippen molar-refractivity contribution >= 4 is 23.3 Å². The maximum Gasteiger partial charge on any atom is 0.312 e. The molecule has 1 aromatic carbocycles. The minimum absolute atomic E-state index is 0.0281. The molecule has 1 aliphatic rings. The molecule has 0 bridgehead atoms. The minimum Gasteiger partial charge on any atom is -0.481 e. The highest BCUT2D eigenvalue weighted by atomic mass is 35.5. The molecule has 0 aliphatic carbocycles.